The summed E-state index contributed by atoms with van der Waals surface area (Å²) in [6.07, 6.45) is 9.11. The van der Waals surface area contributed by atoms with Crippen LogP contribution in [0.25, 0.3) is 0 Å². The molecule has 0 atom stereocenters. The van der Waals surface area contributed by atoms with E-state index in [-0.39, 0.29) is 0 Å². The molecule has 3 nitrogen and oxygen atoms in total. The molecule has 0 radical (unpaired) electrons. The smallest absolute Gasteiger partial charge is 0.135 e. The molecule has 2 aliphatic carbocycles. The minimum atomic E-state index is 0.508. The molecule has 2 aliphatic rings. The van der Waals surface area contributed by atoms with Gasteiger partial charge in [0.05, 0.1) is 0 Å². The van der Waals surface area contributed by atoms with Gasteiger partial charge in [0, 0.05) is 18.0 Å². The van der Waals surface area contributed by atoms with E-state index < -0.39 is 0 Å². The highest BCUT2D eigenvalue weighted by molar-refractivity contribution is 9.10. The van der Waals surface area contributed by atoms with E-state index in [9.17, 15) is 0 Å². The first-order valence-electron chi connectivity index (χ1n) is 5.77. The lowest BCUT2D eigenvalue weighted by molar-refractivity contribution is 0.774. The summed E-state index contributed by atoms with van der Waals surface area (Å²) in [5.41, 5.74) is 0. The molecule has 16 heavy (non-hydrogen) atoms. The van der Waals surface area contributed by atoms with Crippen LogP contribution in [0.2, 0.25) is 0 Å². The van der Waals surface area contributed by atoms with Crippen LogP contribution >= 0.6 is 15.9 Å². The Labute approximate surface area is 104 Å². The molecule has 1 heterocycles. The van der Waals surface area contributed by atoms with Crippen molar-refractivity contribution >= 4 is 21.7 Å². The molecular formula is C12H14BrN3. The van der Waals surface area contributed by atoms with Crippen molar-refractivity contribution in [1.29, 1.82) is 0 Å². The lowest BCUT2D eigenvalue weighted by atomic mass is 10.2. The van der Waals surface area contributed by atoms with Crippen molar-refractivity contribution in [2.24, 2.45) is 0 Å². The number of nitrogens with zero attached hydrogens (tertiary/aromatic N) is 2. The van der Waals surface area contributed by atoms with Gasteiger partial charge in [-0.05, 0) is 41.6 Å². The second-order valence-electron chi connectivity index (χ2n) is 4.49. The summed E-state index contributed by atoms with van der Waals surface area (Å²) < 4.78 is 0.887. The van der Waals surface area contributed by atoms with Crippen molar-refractivity contribution < 1.29 is 0 Å². The molecule has 1 aromatic heterocycles. The molecule has 1 aromatic rings. The van der Waals surface area contributed by atoms with Gasteiger partial charge < -0.3 is 5.32 Å². The number of hydrogen-bond acceptors (Lipinski definition) is 3. The molecule has 1 fully saturated rings. The summed E-state index contributed by atoms with van der Waals surface area (Å²) >= 11 is 3.45. The fourth-order valence-corrected chi connectivity index (χ4v) is 2.38. The third-order valence-electron chi connectivity index (χ3n) is 3.01. The van der Waals surface area contributed by atoms with E-state index in [0.717, 1.165) is 29.1 Å². The molecule has 0 bridgehead atoms. The number of rotatable bonds is 3. The van der Waals surface area contributed by atoms with Gasteiger partial charge in [0.2, 0.25) is 0 Å². The maximum Gasteiger partial charge on any atom is 0.135 e. The first-order chi connectivity index (χ1) is 7.81. The molecular weight excluding hydrogens is 266 g/mol. The second-order valence-corrected chi connectivity index (χ2v) is 5.30. The Morgan fingerprint density at radius 1 is 1.19 bits per heavy atom. The third-order valence-corrected chi connectivity index (χ3v) is 3.42. The zero-order chi connectivity index (χ0) is 11.0. The summed E-state index contributed by atoms with van der Waals surface area (Å²) in [7, 11) is 0. The minimum Gasteiger partial charge on any atom is -0.367 e. The molecule has 0 unspecified atom stereocenters. The topological polar surface area (TPSA) is 37.8 Å². The quantitative estimate of drug-likeness (QED) is 0.682. The molecule has 0 aromatic carbocycles. The van der Waals surface area contributed by atoms with Crippen LogP contribution in [-0.4, -0.2) is 16.0 Å². The molecule has 0 spiro atoms. The highest BCUT2D eigenvalue weighted by atomic mass is 79.9. The second kappa shape index (κ2) is 4.17. The standard InChI is InChI=1S/C12H14BrN3/c13-10-7-11(14-9-3-1-2-4-9)16-12(15-10)8-5-6-8/h1-2,7-9H,3-6H2,(H,14,15,16). The summed E-state index contributed by atoms with van der Waals surface area (Å²) in [6, 6.07) is 2.47. The van der Waals surface area contributed by atoms with Crippen molar-refractivity contribution in [3.8, 4) is 0 Å². The fraction of sp³-hybridized carbons (Fsp3) is 0.500. The molecule has 0 saturated heterocycles. The summed E-state index contributed by atoms with van der Waals surface area (Å²) in [4.78, 5) is 9.00. The van der Waals surface area contributed by atoms with E-state index in [1.165, 1.54) is 12.8 Å². The van der Waals surface area contributed by atoms with Gasteiger partial charge in [-0.15, -0.1) is 0 Å². The predicted octanol–water partition coefficient (Wildman–Crippen LogP) is 3.25. The average Bonchev–Trinajstić information content (AvgIpc) is 2.98. The van der Waals surface area contributed by atoms with Crippen LogP contribution in [0.15, 0.2) is 22.8 Å². The lowest BCUT2D eigenvalue weighted by Gasteiger charge is -2.13. The van der Waals surface area contributed by atoms with Crippen molar-refractivity contribution in [3.63, 3.8) is 0 Å². The van der Waals surface area contributed by atoms with Crippen molar-refractivity contribution in [3.05, 3.63) is 28.6 Å². The third kappa shape index (κ3) is 2.26. The predicted molar refractivity (Wildman–Crippen MR) is 67.5 cm³/mol. The first kappa shape index (κ1) is 10.3. The Hall–Kier alpha value is -0.900. The molecule has 3 rings (SSSR count). The Morgan fingerprint density at radius 2 is 1.94 bits per heavy atom. The van der Waals surface area contributed by atoms with Gasteiger partial charge in [-0.25, -0.2) is 9.97 Å². The van der Waals surface area contributed by atoms with E-state index in [4.69, 9.17) is 0 Å². The van der Waals surface area contributed by atoms with Crippen molar-refractivity contribution in [1.82, 2.24) is 9.97 Å². The van der Waals surface area contributed by atoms with Crippen LogP contribution in [-0.2, 0) is 0 Å². The number of halogens is 1. The van der Waals surface area contributed by atoms with Gasteiger partial charge in [-0.1, -0.05) is 12.2 Å². The van der Waals surface area contributed by atoms with Crippen LogP contribution in [0.4, 0.5) is 5.82 Å². The van der Waals surface area contributed by atoms with E-state index >= 15 is 0 Å². The summed E-state index contributed by atoms with van der Waals surface area (Å²) in [5, 5.41) is 3.46. The van der Waals surface area contributed by atoms with Gasteiger partial charge in [-0.2, -0.15) is 0 Å². The molecule has 84 valence electrons. The highest BCUT2D eigenvalue weighted by Gasteiger charge is 2.27. The van der Waals surface area contributed by atoms with E-state index in [1.54, 1.807) is 0 Å². The number of hydrogen-bond donors (Lipinski definition) is 1. The van der Waals surface area contributed by atoms with E-state index in [2.05, 4.69) is 43.4 Å². The Bertz CT molecular complexity index is 418. The number of anilines is 1. The van der Waals surface area contributed by atoms with E-state index in [0.29, 0.717) is 12.0 Å². The minimum absolute atomic E-state index is 0.508. The van der Waals surface area contributed by atoms with Gasteiger partial charge >= 0.3 is 0 Å². The van der Waals surface area contributed by atoms with Crippen molar-refractivity contribution in [2.45, 2.75) is 37.6 Å². The zero-order valence-corrected chi connectivity index (χ0v) is 10.6. The Kier molecular flexibility index (Phi) is 2.67. The number of aromatic nitrogens is 2. The van der Waals surface area contributed by atoms with Crippen LogP contribution in [0.3, 0.4) is 0 Å². The SMILES string of the molecule is Brc1cc(NC2CC=CC2)nc(C2CC2)n1. The molecule has 0 aliphatic heterocycles. The number of nitrogens with one attached hydrogen (secondary N) is 1. The maximum absolute atomic E-state index is 4.58. The molecule has 1 N–H and O–H groups in total. The van der Waals surface area contributed by atoms with Gasteiger partial charge in [-0.3, -0.25) is 0 Å². The largest absolute Gasteiger partial charge is 0.367 e. The Morgan fingerprint density at radius 3 is 2.62 bits per heavy atom. The molecule has 0 amide bonds. The zero-order valence-electron chi connectivity index (χ0n) is 8.99. The van der Waals surface area contributed by atoms with Crippen LogP contribution in [0.5, 0.6) is 0 Å². The van der Waals surface area contributed by atoms with Gasteiger partial charge in [0.1, 0.15) is 16.2 Å². The average molecular weight is 280 g/mol. The fourth-order valence-electron chi connectivity index (χ4n) is 1.98. The lowest BCUT2D eigenvalue weighted by Crippen LogP contribution is -2.16. The van der Waals surface area contributed by atoms with E-state index in [1.807, 2.05) is 6.07 Å². The molecule has 4 heteroatoms. The van der Waals surface area contributed by atoms with Crippen molar-refractivity contribution in [2.75, 3.05) is 5.32 Å². The van der Waals surface area contributed by atoms with Crippen LogP contribution in [0.1, 0.15) is 37.4 Å². The molecule has 1 saturated carbocycles. The summed E-state index contributed by atoms with van der Waals surface area (Å²) in [6.45, 7) is 0. The van der Waals surface area contributed by atoms with Gasteiger partial charge in [0.25, 0.3) is 0 Å². The maximum atomic E-state index is 4.58. The van der Waals surface area contributed by atoms with Crippen LogP contribution in [0, 0.1) is 0 Å². The van der Waals surface area contributed by atoms with Gasteiger partial charge in [0.15, 0.2) is 0 Å². The first-order valence-corrected chi connectivity index (χ1v) is 6.56. The monoisotopic (exact) mass is 279 g/mol. The summed E-state index contributed by atoms with van der Waals surface area (Å²) in [5.74, 6) is 2.54. The van der Waals surface area contributed by atoms with Crippen LogP contribution < -0.4 is 5.32 Å². The highest BCUT2D eigenvalue weighted by Crippen LogP contribution is 2.38. The Balaban J connectivity index is 1.77. The normalized spacial score (nSPS) is 20.3.